The third-order valence-electron chi connectivity index (χ3n) is 3.37. The Morgan fingerprint density at radius 1 is 1.33 bits per heavy atom. The maximum atomic E-state index is 10.9. The van der Waals surface area contributed by atoms with Crippen LogP contribution in [0.3, 0.4) is 0 Å². The average molecular weight is 247 g/mol. The van der Waals surface area contributed by atoms with Crippen molar-refractivity contribution in [3.8, 4) is 5.75 Å². The van der Waals surface area contributed by atoms with E-state index in [0.29, 0.717) is 17.9 Å². The zero-order valence-corrected chi connectivity index (χ0v) is 11.0. The van der Waals surface area contributed by atoms with Gasteiger partial charge < -0.3 is 9.64 Å². The molecule has 0 unspecified atom stereocenters. The molecule has 0 saturated carbocycles. The zero-order valence-electron chi connectivity index (χ0n) is 11.0. The Hall–Kier alpha value is -1.35. The van der Waals surface area contributed by atoms with Gasteiger partial charge in [-0.3, -0.25) is 4.79 Å². The van der Waals surface area contributed by atoms with Gasteiger partial charge in [-0.15, -0.1) is 0 Å². The molecule has 1 aliphatic rings. The van der Waals surface area contributed by atoms with E-state index < -0.39 is 0 Å². The van der Waals surface area contributed by atoms with Gasteiger partial charge in [-0.25, -0.2) is 0 Å². The van der Waals surface area contributed by atoms with Crippen molar-refractivity contribution in [1.82, 2.24) is 4.90 Å². The lowest BCUT2D eigenvalue weighted by molar-refractivity contribution is 0.111. The lowest BCUT2D eigenvalue weighted by atomic mass is 10.1. The molecule has 3 heteroatoms. The summed E-state index contributed by atoms with van der Waals surface area (Å²) < 4.78 is 5.68. The van der Waals surface area contributed by atoms with Gasteiger partial charge in [0.2, 0.25) is 0 Å². The van der Waals surface area contributed by atoms with Gasteiger partial charge in [0.1, 0.15) is 5.75 Å². The molecule has 98 valence electrons. The molecule has 1 saturated heterocycles. The smallest absolute Gasteiger partial charge is 0.153 e. The van der Waals surface area contributed by atoms with Crippen LogP contribution < -0.4 is 4.74 Å². The van der Waals surface area contributed by atoms with Crippen molar-refractivity contribution in [2.24, 2.45) is 0 Å². The van der Waals surface area contributed by atoms with Crippen molar-refractivity contribution in [2.75, 3.05) is 26.2 Å². The summed E-state index contributed by atoms with van der Waals surface area (Å²) in [7, 11) is 0. The van der Waals surface area contributed by atoms with Gasteiger partial charge in [-0.05, 0) is 51.4 Å². The molecule has 0 radical (unpaired) electrons. The third-order valence-corrected chi connectivity index (χ3v) is 3.37. The van der Waals surface area contributed by atoms with Gasteiger partial charge in [0, 0.05) is 6.54 Å². The van der Waals surface area contributed by atoms with E-state index in [0.717, 1.165) is 24.8 Å². The molecule has 0 amide bonds. The molecule has 3 nitrogen and oxygen atoms in total. The second-order valence-electron chi connectivity index (χ2n) is 4.91. The van der Waals surface area contributed by atoms with Crippen LogP contribution in [-0.2, 0) is 0 Å². The van der Waals surface area contributed by atoms with Crippen molar-refractivity contribution in [3.05, 3.63) is 29.3 Å². The van der Waals surface area contributed by atoms with Crippen LogP contribution in [0.2, 0.25) is 0 Å². The SMILES string of the molecule is Cc1ccc(OCCCN2CCCC2)c(C=O)c1. The summed E-state index contributed by atoms with van der Waals surface area (Å²) in [5.74, 6) is 0.706. The number of rotatable bonds is 6. The summed E-state index contributed by atoms with van der Waals surface area (Å²) in [4.78, 5) is 13.4. The minimum Gasteiger partial charge on any atom is -0.493 e. The van der Waals surface area contributed by atoms with Gasteiger partial charge >= 0.3 is 0 Å². The first-order valence-corrected chi connectivity index (χ1v) is 6.70. The largest absolute Gasteiger partial charge is 0.493 e. The van der Waals surface area contributed by atoms with E-state index in [9.17, 15) is 4.79 Å². The first-order chi connectivity index (χ1) is 8.79. The predicted molar refractivity (Wildman–Crippen MR) is 72.4 cm³/mol. The number of benzene rings is 1. The topological polar surface area (TPSA) is 29.5 Å². The zero-order chi connectivity index (χ0) is 12.8. The molecule has 1 fully saturated rings. The van der Waals surface area contributed by atoms with E-state index in [1.807, 2.05) is 25.1 Å². The molecule has 0 aromatic heterocycles. The van der Waals surface area contributed by atoms with Crippen LogP contribution in [0.5, 0.6) is 5.75 Å². The van der Waals surface area contributed by atoms with E-state index in [4.69, 9.17) is 4.74 Å². The molecular formula is C15H21NO2. The first kappa shape index (κ1) is 13.1. The fourth-order valence-electron chi connectivity index (χ4n) is 2.37. The number of carbonyl (C=O) groups excluding carboxylic acids is 1. The summed E-state index contributed by atoms with van der Waals surface area (Å²) >= 11 is 0. The minimum atomic E-state index is 0.649. The summed E-state index contributed by atoms with van der Waals surface area (Å²) in [6, 6.07) is 5.72. The van der Waals surface area contributed by atoms with E-state index in [2.05, 4.69) is 4.90 Å². The van der Waals surface area contributed by atoms with Crippen LogP contribution in [0.1, 0.15) is 35.2 Å². The van der Waals surface area contributed by atoms with Gasteiger partial charge in [-0.1, -0.05) is 11.6 Å². The lowest BCUT2D eigenvalue weighted by Crippen LogP contribution is -2.22. The Bertz CT molecular complexity index is 397. The molecule has 0 aliphatic carbocycles. The van der Waals surface area contributed by atoms with Crippen molar-refractivity contribution in [3.63, 3.8) is 0 Å². The number of hydrogen-bond acceptors (Lipinski definition) is 3. The monoisotopic (exact) mass is 247 g/mol. The molecule has 1 heterocycles. The van der Waals surface area contributed by atoms with Crippen LogP contribution in [0.4, 0.5) is 0 Å². The van der Waals surface area contributed by atoms with E-state index >= 15 is 0 Å². The van der Waals surface area contributed by atoms with Gasteiger partial charge in [0.25, 0.3) is 0 Å². The summed E-state index contributed by atoms with van der Waals surface area (Å²) in [5.41, 5.74) is 1.73. The maximum Gasteiger partial charge on any atom is 0.153 e. The number of ether oxygens (including phenoxy) is 1. The molecule has 0 bridgehead atoms. The van der Waals surface area contributed by atoms with Crippen LogP contribution in [-0.4, -0.2) is 37.4 Å². The Kier molecular flexibility index (Phi) is 4.76. The Labute approximate surface area is 109 Å². The highest BCUT2D eigenvalue weighted by Crippen LogP contribution is 2.18. The first-order valence-electron chi connectivity index (χ1n) is 6.70. The van der Waals surface area contributed by atoms with Crippen molar-refractivity contribution < 1.29 is 9.53 Å². The highest BCUT2D eigenvalue weighted by molar-refractivity contribution is 5.79. The number of aryl methyl sites for hydroxylation is 1. The van der Waals surface area contributed by atoms with E-state index in [1.165, 1.54) is 25.9 Å². The Balaban J connectivity index is 1.77. The molecule has 18 heavy (non-hydrogen) atoms. The lowest BCUT2D eigenvalue weighted by Gasteiger charge is -2.15. The fourth-order valence-corrected chi connectivity index (χ4v) is 2.37. The summed E-state index contributed by atoms with van der Waals surface area (Å²) in [6.45, 7) is 6.21. The molecule has 1 aliphatic heterocycles. The number of aldehydes is 1. The van der Waals surface area contributed by atoms with Crippen LogP contribution in [0.25, 0.3) is 0 Å². The molecule has 1 aromatic rings. The third kappa shape index (κ3) is 3.57. The predicted octanol–water partition coefficient (Wildman–Crippen LogP) is 2.67. The molecular weight excluding hydrogens is 226 g/mol. The summed E-state index contributed by atoms with van der Waals surface area (Å²) in [5, 5.41) is 0. The van der Waals surface area contributed by atoms with Gasteiger partial charge in [0.15, 0.2) is 6.29 Å². The summed E-state index contributed by atoms with van der Waals surface area (Å²) in [6.07, 6.45) is 4.54. The standard InChI is InChI=1S/C15H21NO2/c1-13-5-6-15(14(11-13)12-17)18-10-4-9-16-7-2-3-8-16/h5-6,11-12H,2-4,7-10H2,1H3. The maximum absolute atomic E-state index is 10.9. The van der Waals surface area contributed by atoms with Crippen molar-refractivity contribution in [1.29, 1.82) is 0 Å². The van der Waals surface area contributed by atoms with Gasteiger partial charge in [0.05, 0.1) is 12.2 Å². The second-order valence-corrected chi connectivity index (χ2v) is 4.91. The Morgan fingerprint density at radius 2 is 2.11 bits per heavy atom. The molecule has 0 N–H and O–H groups in total. The normalized spacial score (nSPS) is 15.8. The quantitative estimate of drug-likeness (QED) is 0.572. The average Bonchev–Trinajstić information content (AvgIpc) is 2.89. The Morgan fingerprint density at radius 3 is 2.83 bits per heavy atom. The molecule has 0 spiro atoms. The number of likely N-dealkylation sites (tertiary alicyclic amines) is 1. The minimum absolute atomic E-state index is 0.649. The van der Waals surface area contributed by atoms with Crippen LogP contribution >= 0.6 is 0 Å². The molecule has 0 atom stereocenters. The van der Waals surface area contributed by atoms with Crippen LogP contribution in [0, 0.1) is 6.92 Å². The highest BCUT2D eigenvalue weighted by atomic mass is 16.5. The van der Waals surface area contributed by atoms with Crippen molar-refractivity contribution >= 4 is 6.29 Å². The van der Waals surface area contributed by atoms with Crippen LogP contribution in [0.15, 0.2) is 18.2 Å². The second kappa shape index (κ2) is 6.55. The van der Waals surface area contributed by atoms with E-state index in [1.54, 1.807) is 0 Å². The molecule has 1 aromatic carbocycles. The number of nitrogens with zero attached hydrogens (tertiary/aromatic N) is 1. The van der Waals surface area contributed by atoms with Crippen molar-refractivity contribution in [2.45, 2.75) is 26.2 Å². The fraction of sp³-hybridized carbons (Fsp3) is 0.533. The van der Waals surface area contributed by atoms with Gasteiger partial charge in [-0.2, -0.15) is 0 Å². The number of carbonyl (C=O) groups is 1. The highest BCUT2D eigenvalue weighted by Gasteiger charge is 2.10. The van der Waals surface area contributed by atoms with E-state index in [-0.39, 0.29) is 0 Å². The molecule has 2 rings (SSSR count). The number of hydrogen-bond donors (Lipinski definition) is 0.